The van der Waals surface area contributed by atoms with Gasteiger partial charge in [0.1, 0.15) is 5.75 Å². The van der Waals surface area contributed by atoms with Crippen molar-refractivity contribution < 1.29 is 9.47 Å². The molecule has 1 aliphatic heterocycles. The third-order valence-corrected chi connectivity index (χ3v) is 5.39. The molecule has 204 valence electrons. The molecule has 0 aliphatic carbocycles. The van der Waals surface area contributed by atoms with Gasteiger partial charge in [0, 0.05) is 17.7 Å². The number of anilines is 1. The quantitative estimate of drug-likeness (QED) is 0.250. The zero-order valence-corrected chi connectivity index (χ0v) is 24.5. The van der Waals surface area contributed by atoms with Crippen molar-refractivity contribution in [1.82, 2.24) is 5.32 Å². The number of aliphatic imine (C=N–C) groups is 1. The summed E-state index contributed by atoms with van der Waals surface area (Å²) < 4.78 is 11.5. The van der Waals surface area contributed by atoms with Crippen LogP contribution in [0.3, 0.4) is 0 Å². The second kappa shape index (κ2) is 20.0. The molecule has 2 N–H and O–H groups in total. The fourth-order valence-electron chi connectivity index (χ4n) is 3.35. The molecule has 0 radical (unpaired) electrons. The molecule has 3 unspecified atom stereocenters. The Morgan fingerprint density at radius 3 is 2.30 bits per heavy atom. The van der Waals surface area contributed by atoms with Crippen LogP contribution in [0.15, 0.2) is 84.4 Å². The fourth-order valence-corrected chi connectivity index (χ4v) is 3.35. The van der Waals surface area contributed by atoms with Crippen LogP contribution in [0.4, 0.5) is 5.69 Å². The van der Waals surface area contributed by atoms with E-state index in [4.69, 9.17) is 9.47 Å². The lowest BCUT2D eigenvalue weighted by Gasteiger charge is -2.26. The van der Waals surface area contributed by atoms with Crippen LogP contribution in [0, 0.1) is 0 Å². The van der Waals surface area contributed by atoms with Crippen LogP contribution < -0.4 is 15.4 Å². The first-order valence-corrected chi connectivity index (χ1v) is 13.4. The third kappa shape index (κ3) is 11.2. The summed E-state index contributed by atoms with van der Waals surface area (Å²) in [5.41, 5.74) is 5.01. The molecule has 2 aromatic rings. The monoisotopic (exact) mass is 507 g/mol. The number of methoxy groups -OCH3 is 1. The van der Waals surface area contributed by atoms with E-state index in [0.717, 1.165) is 40.1 Å². The van der Waals surface area contributed by atoms with Crippen LogP contribution in [0.5, 0.6) is 5.75 Å². The number of benzene rings is 2. The van der Waals surface area contributed by atoms with Gasteiger partial charge in [0.2, 0.25) is 0 Å². The molecule has 0 saturated carbocycles. The summed E-state index contributed by atoms with van der Waals surface area (Å²) in [7, 11) is 3.60. The number of nitrogens with one attached hydrogen (secondary N) is 2. The number of hydrogen-bond donors (Lipinski definition) is 2. The SMILES string of the molecule is C=C(/C=C\C(CC(=C)C(C)OC1N=CNc2cc(OC)ccc21)NC)c1ccccc1.CC.CC.CC. The molecular weight excluding hydrogens is 458 g/mol. The van der Waals surface area contributed by atoms with Crippen molar-refractivity contribution >= 4 is 17.6 Å². The lowest BCUT2D eigenvalue weighted by atomic mass is 10.0. The second-order valence-electron chi connectivity index (χ2n) is 7.51. The highest BCUT2D eigenvalue weighted by Crippen LogP contribution is 2.34. The van der Waals surface area contributed by atoms with E-state index >= 15 is 0 Å². The summed E-state index contributed by atoms with van der Waals surface area (Å²) in [6, 6.07) is 16.1. The minimum Gasteiger partial charge on any atom is -0.497 e. The van der Waals surface area contributed by atoms with Gasteiger partial charge in [-0.2, -0.15) is 0 Å². The maximum absolute atomic E-state index is 6.25. The summed E-state index contributed by atoms with van der Waals surface area (Å²) in [5, 5.41) is 6.48. The third-order valence-electron chi connectivity index (χ3n) is 5.39. The average Bonchev–Trinajstić information content (AvgIpc) is 2.98. The van der Waals surface area contributed by atoms with E-state index in [-0.39, 0.29) is 18.4 Å². The molecule has 0 fully saturated rings. The Balaban J connectivity index is 0.00000201. The highest BCUT2D eigenvalue weighted by molar-refractivity contribution is 5.80. The lowest BCUT2D eigenvalue weighted by molar-refractivity contribution is 0.0197. The van der Waals surface area contributed by atoms with Gasteiger partial charge in [0.25, 0.3) is 0 Å². The summed E-state index contributed by atoms with van der Waals surface area (Å²) in [6.45, 7) is 22.4. The number of ether oxygens (including phenoxy) is 2. The van der Waals surface area contributed by atoms with Gasteiger partial charge in [0.05, 0.1) is 25.2 Å². The molecule has 1 heterocycles. The van der Waals surface area contributed by atoms with E-state index in [0.29, 0.717) is 0 Å². The lowest BCUT2D eigenvalue weighted by Crippen LogP contribution is -2.26. The van der Waals surface area contributed by atoms with E-state index in [2.05, 4.69) is 53.1 Å². The van der Waals surface area contributed by atoms with Gasteiger partial charge < -0.3 is 20.1 Å². The number of fused-ring (bicyclic) bond motifs is 1. The topological polar surface area (TPSA) is 54.9 Å². The van der Waals surface area contributed by atoms with Gasteiger partial charge in [0.15, 0.2) is 6.23 Å². The van der Waals surface area contributed by atoms with Crippen LogP contribution in [0.1, 0.15) is 72.2 Å². The van der Waals surface area contributed by atoms with Crippen LogP contribution in [-0.4, -0.2) is 32.6 Å². The molecule has 37 heavy (non-hydrogen) atoms. The van der Waals surface area contributed by atoms with Gasteiger partial charge in [-0.3, -0.25) is 0 Å². The zero-order chi connectivity index (χ0) is 28.2. The predicted molar refractivity (Wildman–Crippen MR) is 164 cm³/mol. The molecule has 0 saturated heterocycles. The Bertz CT molecular complexity index is 967. The normalized spacial score (nSPS) is 14.7. The Kier molecular flexibility index (Phi) is 18.3. The summed E-state index contributed by atoms with van der Waals surface area (Å²) in [4.78, 5) is 4.46. The standard InChI is InChI=1S/C26H31N3O2.3C2H6/c1-18(21-9-7-6-8-10-21)11-12-22(27-4)15-19(2)20(3)31-26-24-14-13-23(30-5)16-25(24)28-17-29-26;3*1-2/h6-14,16-17,20,22,26-27H,1-2,15H2,3-5H3,(H,28,29);3*1-2H3/b12-11-;;;. The molecule has 0 aromatic heterocycles. The number of hydrogen-bond acceptors (Lipinski definition) is 5. The molecule has 2 aromatic carbocycles. The molecule has 0 spiro atoms. The fraction of sp³-hybridized carbons (Fsp3) is 0.406. The van der Waals surface area contributed by atoms with E-state index in [9.17, 15) is 0 Å². The van der Waals surface area contributed by atoms with Gasteiger partial charge >= 0.3 is 0 Å². The van der Waals surface area contributed by atoms with Crippen LogP contribution in [0.25, 0.3) is 5.57 Å². The molecule has 1 aliphatic rings. The largest absolute Gasteiger partial charge is 0.497 e. The Labute approximate surface area is 226 Å². The van der Waals surface area contributed by atoms with E-state index in [1.807, 2.05) is 91.9 Å². The first-order valence-electron chi connectivity index (χ1n) is 13.4. The highest BCUT2D eigenvalue weighted by Gasteiger charge is 2.22. The maximum atomic E-state index is 6.25. The molecule has 5 heteroatoms. The van der Waals surface area contributed by atoms with Gasteiger partial charge in [-0.1, -0.05) is 97.2 Å². The summed E-state index contributed by atoms with van der Waals surface area (Å²) in [5.74, 6) is 0.790. The summed E-state index contributed by atoms with van der Waals surface area (Å²) >= 11 is 0. The van der Waals surface area contributed by atoms with Crippen molar-refractivity contribution in [1.29, 1.82) is 0 Å². The number of rotatable bonds is 10. The van der Waals surface area contributed by atoms with Crippen molar-refractivity contribution in [3.8, 4) is 5.75 Å². The maximum Gasteiger partial charge on any atom is 0.178 e. The number of likely N-dealkylation sites (N-methyl/N-ethyl adjacent to an activating group) is 1. The Morgan fingerprint density at radius 1 is 1.05 bits per heavy atom. The number of allylic oxidation sites excluding steroid dienone is 2. The van der Waals surface area contributed by atoms with Crippen LogP contribution in [0.2, 0.25) is 0 Å². The van der Waals surface area contributed by atoms with Crippen molar-refractivity contribution in [2.75, 3.05) is 19.5 Å². The first-order chi connectivity index (χ1) is 18.0. The van der Waals surface area contributed by atoms with Crippen molar-refractivity contribution in [2.24, 2.45) is 4.99 Å². The van der Waals surface area contributed by atoms with Crippen molar-refractivity contribution in [2.45, 2.75) is 73.3 Å². The smallest absolute Gasteiger partial charge is 0.178 e. The first kappa shape index (κ1) is 33.8. The van der Waals surface area contributed by atoms with Gasteiger partial charge in [-0.15, -0.1) is 0 Å². The van der Waals surface area contributed by atoms with Gasteiger partial charge in [-0.05, 0) is 49.2 Å². The number of nitrogens with zero attached hydrogens (tertiary/aromatic N) is 1. The highest BCUT2D eigenvalue weighted by atomic mass is 16.5. The predicted octanol–water partition coefficient (Wildman–Crippen LogP) is 8.44. The molecular formula is C32H49N3O2. The van der Waals surface area contributed by atoms with Gasteiger partial charge in [-0.25, -0.2) is 4.99 Å². The van der Waals surface area contributed by atoms with E-state index in [1.54, 1.807) is 13.4 Å². The molecule has 0 amide bonds. The summed E-state index contributed by atoms with van der Waals surface area (Å²) in [6.07, 6.45) is 6.05. The minimum atomic E-state index is -0.379. The van der Waals surface area contributed by atoms with E-state index in [1.165, 1.54) is 0 Å². The molecule has 3 rings (SSSR count). The van der Waals surface area contributed by atoms with Crippen molar-refractivity contribution in [3.63, 3.8) is 0 Å². The Hall–Kier alpha value is -3.15. The minimum absolute atomic E-state index is 0.132. The molecule has 3 atom stereocenters. The Morgan fingerprint density at radius 2 is 1.70 bits per heavy atom. The average molecular weight is 508 g/mol. The molecule has 5 nitrogen and oxygen atoms in total. The van der Waals surface area contributed by atoms with Crippen LogP contribution in [-0.2, 0) is 4.74 Å². The van der Waals surface area contributed by atoms with Crippen LogP contribution >= 0.6 is 0 Å². The van der Waals surface area contributed by atoms with Crippen molar-refractivity contribution in [3.05, 3.63) is 90.5 Å². The zero-order valence-electron chi connectivity index (χ0n) is 24.5. The molecule has 0 bridgehead atoms. The van der Waals surface area contributed by atoms with E-state index < -0.39 is 0 Å². The second-order valence-corrected chi connectivity index (χ2v) is 7.51.